The van der Waals surface area contributed by atoms with E-state index in [4.69, 9.17) is 11.6 Å². The molecule has 0 aliphatic heterocycles. The van der Waals surface area contributed by atoms with Crippen LogP contribution >= 0.6 is 27.5 Å². The van der Waals surface area contributed by atoms with Gasteiger partial charge >= 0.3 is 0 Å². The van der Waals surface area contributed by atoms with E-state index in [0.29, 0.717) is 5.02 Å². The number of anilines is 2. The first kappa shape index (κ1) is 13.4. The van der Waals surface area contributed by atoms with Gasteiger partial charge in [0, 0.05) is 22.9 Å². The number of hydrogen-bond donors (Lipinski definition) is 0. The zero-order valence-corrected chi connectivity index (χ0v) is 12.7. The van der Waals surface area contributed by atoms with Gasteiger partial charge in [-0.1, -0.05) is 29.3 Å². The van der Waals surface area contributed by atoms with Crippen molar-refractivity contribution in [3.05, 3.63) is 51.6 Å². The Bertz CT molecular complexity index is 540. The molecular formula is C14H14BrClN2. The topological polar surface area (TPSA) is 16.1 Å². The predicted molar refractivity (Wildman–Crippen MR) is 80.8 cm³/mol. The van der Waals surface area contributed by atoms with Crippen LogP contribution in [0.15, 0.2) is 41.0 Å². The van der Waals surface area contributed by atoms with Crippen LogP contribution in [0.3, 0.4) is 0 Å². The maximum Gasteiger partial charge on any atom is 0.151 e. The Labute approximate surface area is 121 Å². The Balaban J connectivity index is 2.41. The molecule has 0 aliphatic rings. The number of hydrogen-bond acceptors (Lipinski definition) is 2. The maximum atomic E-state index is 6.25. The standard InChI is InChI=1S/C14H14BrClN2/c1-3-18(12-6-4-10(2)5-7-12)14-13(16)8-11(15)9-17-14/h4-9H,3H2,1-2H3. The summed E-state index contributed by atoms with van der Waals surface area (Å²) in [6.45, 7) is 4.97. The van der Waals surface area contributed by atoms with E-state index in [1.54, 1.807) is 6.20 Å². The molecule has 94 valence electrons. The van der Waals surface area contributed by atoms with Gasteiger partial charge in [0.05, 0.1) is 5.02 Å². The van der Waals surface area contributed by atoms with E-state index in [1.807, 2.05) is 6.07 Å². The minimum Gasteiger partial charge on any atom is -0.325 e. The molecule has 0 fully saturated rings. The van der Waals surface area contributed by atoms with Crippen molar-refractivity contribution >= 4 is 39.0 Å². The molecule has 0 N–H and O–H groups in total. The van der Waals surface area contributed by atoms with E-state index in [1.165, 1.54) is 5.56 Å². The zero-order chi connectivity index (χ0) is 13.1. The quantitative estimate of drug-likeness (QED) is 0.792. The number of nitrogens with zero attached hydrogens (tertiary/aromatic N) is 2. The number of halogens is 2. The van der Waals surface area contributed by atoms with Crippen molar-refractivity contribution < 1.29 is 0 Å². The Hall–Kier alpha value is -1.06. The van der Waals surface area contributed by atoms with Crippen molar-refractivity contribution in [1.82, 2.24) is 4.98 Å². The second-order valence-corrected chi connectivity index (χ2v) is 5.36. The predicted octanol–water partition coefficient (Wildman–Crippen LogP) is 4.96. The number of aryl methyl sites for hydroxylation is 1. The van der Waals surface area contributed by atoms with Crippen LogP contribution in [0.2, 0.25) is 5.02 Å². The third-order valence-electron chi connectivity index (χ3n) is 2.71. The SMILES string of the molecule is CCN(c1ccc(C)cc1)c1ncc(Br)cc1Cl. The molecule has 0 radical (unpaired) electrons. The van der Waals surface area contributed by atoms with Gasteiger partial charge in [-0.3, -0.25) is 0 Å². The lowest BCUT2D eigenvalue weighted by molar-refractivity contribution is 0.988. The minimum absolute atomic E-state index is 0.645. The largest absolute Gasteiger partial charge is 0.325 e. The Morgan fingerprint density at radius 1 is 1.28 bits per heavy atom. The van der Waals surface area contributed by atoms with Gasteiger partial charge in [0.2, 0.25) is 0 Å². The van der Waals surface area contributed by atoms with Crippen LogP contribution in [0.4, 0.5) is 11.5 Å². The van der Waals surface area contributed by atoms with Crippen molar-refractivity contribution in [2.45, 2.75) is 13.8 Å². The van der Waals surface area contributed by atoms with Crippen LogP contribution in [0.5, 0.6) is 0 Å². The van der Waals surface area contributed by atoms with Crippen LogP contribution in [0, 0.1) is 6.92 Å². The molecular weight excluding hydrogens is 312 g/mol. The van der Waals surface area contributed by atoms with Crippen molar-refractivity contribution in [2.75, 3.05) is 11.4 Å². The molecule has 0 spiro atoms. The van der Waals surface area contributed by atoms with Crippen LogP contribution in [-0.4, -0.2) is 11.5 Å². The van der Waals surface area contributed by atoms with E-state index < -0.39 is 0 Å². The summed E-state index contributed by atoms with van der Waals surface area (Å²) in [5.74, 6) is 0.784. The third-order valence-corrected chi connectivity index (χ3v) is 3.42. The lowest BCUT2D eigenvalue weighted by Crippen LogP contribution is -2.17. The molecule has 2 nitrogen and oxygen atoms in total. The molecule has 18 heavy (non-hydrogen) atoms. The summed E-state index contributed by atoms with van der Waals surface area (Å²) >= 11 is 9.62. The number of pyridine rings is 1. The van der Waals surface area contributed by atoms with E-state index in [2.05, 4.69) is 63.9 Å². The first-order chi connectivity index (χ1) is 8.61. The normalized spacial score (nSPS) is 10.4. The molecule has 2 aromatic rings. The summed E-state index contributed by atoms with van der Waals surface area (Å²) in [5, 5.41) is 0.645. The Kier molecular flexibility index (Phi) is 4.25. The van der Waals surface area contributed by atoms with Crippen molar-refractivity contribution in [1.29, 1.82) is 0 Å². The van der Waals surface area contributed by atoms with E-state index in [0.717, 1.165) is 22.5 Å². The van der Waals surface area contributed by atoms with Crippen LogP contribution < -0.4 is 4.90 Å². The minimum atomic E-state index is 0.645. The molecule has 0 bridgehead atoms. The molecule has 2 rings (SSSR count). The molecule has 0 saturated carbocycles. The summed E-state index contributed by atoms with van der Waals surface area (Å²) in [6, 6.07) is 10.2. The molecule has 0 atom stereocenters. The fraction of sp³-hybridized carbons (Fsp3) is 0.214. The maximum absolute atomic E-state index is 6.25. The third kappa shape index (κ3) is 2.85. The molecule has 4 heteroatoms. The molecule has 0 saturated heterocycles. The fourth-order valence-corrected chi connectivity index (χ4v) is 2.52. The smallest absolute Gasteiger partial charge is 0.151 e. The summed E-state index contributed by atoms with van der Waals surface area (Å²) < 4.78 is 0.885. The van der Waals surface area contributed by atoms with E-state index in [-0.39, 0.29) is 0 Å². The molecule has 0 unspecified atom stereocenters. The molecule has 1 aromatic heterocycles. The van der Waals surface area contributed by atoms with Gasteiger partial charge < -0.3 is 4.90 Å². The average molecular weight is 326 g/mol. The number of aromatic nitrogens is 1. The molecule has 1 heterocycles. The Morgan fingerprint density at radius 3 is 2.50 bits per heavy atom. The summed E-state index contributed by atoms with van der Waals surface area (Å²) in [6.07, 6.45) is 1.76. The van der Waals surface area contributed by atoms with Gasteiger partial charge in [0.1, 0.15) is 0 Å². The highest BCUT2D eigenvalue weighted by Crippen LogP contribution is 2.31. The first-order valence-corrected chi connectivity index (χ1v) is 6.94. The molecule has 0 amide bonds. The summed E-state index contributed by atoms with van der Waals surface area (Å²) in [5.41, 5.74) is 2.34. The Morgan fingerprint density at radius 2 is 1.94 bits per heavy atom. The van der Waals surface area contributed by atoms with E-state index in [9.17, 15) is 0 Å². The van der Waals surface area contributed by atoms with E-state index >= 15 is 0 Å². The van der Waals surface area contributed by atoms with Crippen LogP contribution in [0.1, 0.15) is 12.5 Å². The van der Waals surface area contributed by atoms with Gasteiger partial charge in [0.15, 0.2) is 5.82 Å². The summed E-state index contributed by atoms with van der Waals surface area (Å²) in [4.78, 5) is 6.49. The molecule has 1 aromatic carbocycles. The number of rotatable bonds is 3. The molecule has 0 aliphatic carbocycles. The van der Waals surface area contributed by atoms with Crippen LogP contribution in [-0.2, 0) is 0 Å². The first-order valence-electron chi connectivity index (χ1n) is 5.77. The van der Waals surface area contributed by atoms with Gasteiger partial charge in [-0.05, 0) is 48.0 Å². The second kappa shape index (κ2) is 5.72. The van der Waals surface area contributed by atoms with Gasteiger partial charge in [0.25, 0.3) is 0 Å². The van der Waals surface area contributed by atoms with Gasteiger partial charge in [-0.2, -0.15) is 0 Å². The van der Waals surface area contributed by atoms with Crippen molar-refractivity contribution in [2.24, 2.45) is 0 Å². The lowest BCUT2D eigenvalue weighted by Gasteiger charge is -2.23. The zero-order valence-electron chi connectivity index (χ0n) is 10.3. The van der Waals surface area contributed by atoms with Crippen molar-refractivity contribution in [3.8, 4) is 0 Å². The van der Waals surface area contributed by atoms with Crippen molar-refractivity contribution in [3.63, 3.8) is 0 Å². The number of benzene rings is 1. The van der Waals surface area contributed by atoms with Gasteiger partial charge in [-0.25, -0.2) is 4.98 Å². The van der Waals surface area contributed by atoms with Crippen LogP contribution in [0.25, 0.3) is 0 Å². The second-order valence-electron chi connectivity index (χ2n) is 4.04. The average Bonchev–Trinajstić information content (AvgIpc) is 2.35. The highest BCUT2D eigenvalue weighted by Gasteiger charge is 2.12. The lowest BCUT2D eigenvalue weighted by atomic mass is 10.2. The monoisotopic (exact) mass is 324 g/mol. The summed E-state index contributed by atoms with van der Waals surface area (Å²) in [7, 11) is 0. The van der Waals surface area contributed by atoms with Gasteiger partial charge in [-0.15, -0.1) is 0 Å². The highest BCUT2D eigenvalue weighted by molar-refractivity contribution is 9.10. The highest BCUT2D eigenvalue weighted by atomic mass is 79.9. The fourth-order valence-electron chi connectivity index (χ4n) is 1.79.